The number of hydrogen-bond donors (Lipinski definition) is 1. The molecule has 0 unspecified atom stereocenters. The fourth-order valence-electron chi connectivity index (χ4n) is 2.06. The highest BCUT2D eigenvalue weighted by Crippen LogP contribution is 2.20. The van der Waals surface area contributed by atoms with Crippen LogP contribution in [-0.2, 0) is 18.8 Å². The molecule has 1 aromatic heterocycles. The first kappa shape index (κ1) is 12.5. The topological polar surface area (TPSA) is 43.8 Å². The summed E-state index contributed by atoms with van der Waals surface area (Å²) in [7, 11) is 0. The first-order chi connectivity index (χ1) is 8.30. The van der Waals surface area contributed by atoms with Gasteiger partial charge in [-0.1, -0.05) is 13.0 Å². The number of benzene rings is 1. The van der Waals surface area contributed by atoms with Gasteiger partial charge in [-0.25, -0.2) is 4.98 Å². The molecule has 0 aliphatic carbocycles. The first-order valence-corrected chi connectivity index (χ1v) is 7.36. The molecule has 0 bridgehead atoms. The monoisotopic (exact) mass is 249 g/mol. The second-order valence-corrected chi connectivity index (χ2v) is 5.01. The van der Waals surface area contributed by atoms with Gasteiger partial charge in [0.05, 0.1) is 16.8 Å². The molecule has 92 valence electrons. The van der Waals surface area contributed by atoms with E-state index in [1.807, 2.05) is 11.8 Å². The Bertz CT molecular complexity index is 505. The Labute approximate surface area is 106 Å². The number of thioether (sulfide) groups is 1. The van der Waals surface area contributed by atoms with E-state index in [4.69, 9.17) is 10.7 Å². The minimum absolute atomic E-state index is 0.578. The van der Waals surface area contributed by atoms with Crippen LogP contribution in [-0.4, -0.2) is 15.8 Å². The van der Waals surface area contributed by atoms with Crippen LogP contribution < -0.4 is 5.73 Å². The highest BCUT2D eigenvalue weighted by atomic mass is 32.2. The van der Waals surface area contributed by atoms with E-state index >= 15 is 0 Å². The zero-order valence-corrected chi connectivity index (χ0v) is 11.3. The van der Waals surface area contributed by atoms with E-state index < -0.39 is 0 Å². The van der Waals surface area contributed by atoms with Gasteiger partial charge in [0.2, 0.25) is 0 Å². The molecule has 17 heavy (non-hydrogen) atoms. The number of aryl methyl sites for hydroxylation is 1. The Morgan fingerprint density at radius 2 is 2.24 bits per heavy atom. The third kappa shape index (κ3) is 2.48. The molecule has 1 heterocycles. The fourth-order valence-corrected chi connectivity index (χ4v) is 2.54. The molecule has 0 fully saturated rings. The lowest BCUT2D eigenvalue weighted by atomic mass is 10.2. The summed E-state index contributed by atoms with van der Waals surface area (Å²) in [6.07, 6.45) is 3.24. The summed E-state index contributed by atoms with van der Waals surface area (Å²) in [5.74, 6) is 2.13. The van der Waals surface area contributed by atoms with Crippen molar-refractivity contribution >= 4 is 22.8 Å². The zero-order chi connectivity index (χ0) is 12.3. The molecule has 0 aliphatic rings. The maximum absolute atomic E-state index is 5.66. The van der Waals surface area contributed by atoms with E-state index in [0.29, 0.717) is 6.54 Å². The van der Waals surface area contributed by atoms with Gasteiger partial charge in [-0.3, -0.25) is 0 Å². The third-order valence-electron chi connectivity index (χ3n) is 2.85. The molecule has 2 N–H and O–H groups in total. The largest absolute Gasteiger partial charge is 0.327 e. The van der Waals surface area contributed by atoms with Crippen LogP contribution in [0, 0.1) is 0 Å². The predicted molar refractivity (Wildman–Crippen MR) is 75.1 cm³/mol. The van der Waals surface area contributed by atoms with Crippen molar-refractivity contribution in [3.8, 4) is 0 Å². The summed E-state index contributed by atoms with van der Waals surface area (Å²) in [5, 5.41) is 0. The number of nitrogens with two attached hydrogens (primary N) is 1. The van der Waals surface area contributed by atoms with Crippen LogP contribution in [0.25, 0.3) is 11.0 Å². The van der Waals surface area contributed by atoms with Crippen molar-refractivity contribution in [3.63, 3.8) is 0 Å². The first-order valence-electron chi connectivity index (χ1n) is 5.97. The molecule has 0 saturated carbocycles. The number of nitrogens with zero attached hydrogens (tertiary/aromatic N) is 2. The summed E-state index contributed by atoms with van der Waals surface area (Å²) in [5.41, 5.74) is 9.12. The zero-order valence-electron chi connectivity index (χ0n) is 10.4. The van der Waals surface area contributed by atoms with Crippen LogP contribution in [0.5, 0.6) is 0 Å². The van der Waals surface area contributed by atoms with Crippen molar-refractivity contribution in [1.29, 1.82) is 0 Å². The lowest BCUT2D eigenvalue weighted by Crippen LogP contribution is -2.02. The van der Waals surface area contributed by atoms with Crippen LogP contribution in [0.15, 0.2) is 18.2 Å². The van der Waals surface area contributed by atoms with Crippen LogP contribution in [0.4, 0.5) is 0 Å². The van der Waals surface area contributed by atoms with E-state index in [-0.39, 0.29) is 0 Å². The molecule has 3 nitrogen and oxygen atoms in total. The number of aromatic nitrogens is 2. The summed E-state index contributed by atoms with van der Waals surface area (Å²) >= 11 is 1.81. The summed E-state index contributed by atoms with van der Waals surface area (Å²) < 4.78 is 2.33. The van der Waals surface area contributed by atoms with Gasteiger partial charge in [-0.2, -0.15) is 11.8 Å². The fraction of sp³-hybridized carbons (Fsp3) is 0.462. The molecule has 2 rings (SSSR count). The Balaban J connectivity index is 2.52. The van der Waals surface area contributed by atoms with Crippen molar-refractivity contribution in [2.24, 2.45) is 5.73 Å². The predicted octanol–water partition coefficient (Wildman–Crippen LogP) is 2.77. The van der Waals surface area contributed by atoms with Gasteiger partial charge in [-0.15, -0.1) is 0 Å². The van der Waals surface area contributed by atoms with Crippen molar-refractivity contribution < 1.29 is 0 Å². The molecule has 1 aromatic carbocycles. The van der Waals surface area contributed by atoms with E-state index in [9.17, 15) is 0 Å². The van der Waals surface area contributed by atoms with Gasteiger partial charge in [0.1, 0.15) is 5.82 Å². The maximum atomic E-state index is 5.66. The molecule has 0 amide bonds. The average molecular weight is 249 g/mol. The summed E-state index contributed by atoms with van der Waals surface area (Å²) in [6.45, 7) is 3.81. The normalized spacial score (nSPS) is 11.2. The van der Waals surface area contributed by atoms with E-state index in [1.165, 1.54) is 11.3 Å². The van der Waals surface area contributed by atoms with Gasteiger partial charge in [0.25, 0.3) is 0 Å². The van der Waals surface area contributed by atoms with E-state index in [1.54, 1.807) is 0 Å². The second-order valence-electron chi connectivity index (χ2n) is 4.14. The van der Waals surface area contributed by atoms with E-state index in [0.717, 1.165) is 29.8 Å². The quantitative estimate of drug-likeness (QED) is 0.886. The highest BCUT2D eigenvalue weighted by molar-refractivity contribution is 7.97. The van der Waals surface area contributed by atoms with Crippen LogP contribution in [0.2, 0.25) is 0 Å². The SMILES string of the molecule is CCCn1c(CSC)nc2cc(CN)ccc21. The van der Waals surface area contributed by atoms with Gasteiger partial charge in [0, 0.05) is 13.1 Å². The van der Waals surface area contributed by atoms with Crippen molar-refractivity contribution in [2.75, 3.05) is 6.26 Å². The third-order valence-corrected chi connectivity index (χ3v) is 3.39. The maximum Gasteiger partial charge on any atom is 0.119 e. The summed E-state index contributed by atoms with van der Waals surface area (Å²) in [4.78, 5) is 4.72. The van der Waals surface area contributed by atoms with Crippen LogP contribution in [0.3, 0.4) is 0 Å². The Kier molecular flexibility index (Phi) is 4.07. The van der Waals surface area contributed by atoms with Gasteiger partial charge in [0.15, 0.2) is 0 Å². The number of fused-ring (bicyclic) bond motifs is 1. The Morgan fingerprint density at radius 1 is 1.41 bits per heavy atom. The van der Waals surface area contributed by atoms with Crippen molar-refractivity contribution in [1.82, 2.24) is 9.55 Å². The molecule has 4 heteroatoms. The summed E-state index contributed by atoms with van der Waals surface area (Å²) in [6, 6.07) is 6.34. The molecule has 2 aromatic rings. The van der Waals surface area contributed by atoms with Crippen molar-refractivity contribution in [3.05, 3.63) is 29.6 Å². The number of hydrogen-bond acceptors (Lipinski definition) is 3. The number of rotatable bonds is 5. The smallest absolute Gasteiger partial charge is 0.119 e. The van der Waals surface area contributed by atoms with Gasteiger partial charge >= 0.3 is 0 Å². The minimum Gasteiger partial charge on any atom is -0.327 e. The molecule has 0 saturated heterocycles. The lowest BCUT2D eigenvalue weighted by molar-refractivity contribution is 0.673. The van der Waals surface area contributed by atoms with Crippen molar-refractivity contribution in [2.45, 2.75) is 32.2 Å². The lowest BCUT2D eigenvalue weighted by Gasteiger charge is -2.06. The Morgan fingerprint density at radius 3 is 2.88 bits per heavy atom. The highest BCUT2D eigenvalue weighted by Gasteiger charge is 2.09. The molecule has 0 atom stereocenters. The van der Waals surface area contributed by atoms with Gasteiger partial charge < -0.3 is 10.3 Å². The molecular weight excluding hydrogens is 230 g/mol. The van der Waals surface area contributed by atoms with Crippen LogP contribution >= 0.6 is 11.8 Å². The molecule has 0 aliphatic heterocycles. The minimum atomic E-state index is 0.578. The molecule has 0 spiro atoms. The molecule has 0 radical (unpaired) electrons. The molecular formula is C13H19N3S. The van der Waals surface area contributed by atoms with Gasteiger partial charge in [-0.05, 0) is 30.4 Å². The standard InChI is InChI=1S/C13H19N3S/c1-3-6-16-12-5-4-10(8-14)7-11(12)15-13(16)9-17-2/h4-5,7H,3,6,8-9,14H2,1-2H3. The second kappa shape index (κ2) is 5.56. The van der Waals surface area contributed by atoms with E-state index in [2.05, 4.69) is 35.9 Å². The Hall–Kier alpha value is -1.00. The van der Waals surface area contributed by atoms with Crippen LogP contribution in [0.1, 0.15) is 24.7 Å². The average Bonchev–Trinajstić information content (AvgIpc) is 2.68. The number of imidazole rings is 1.